The summed E-state index contributed by atoms with van der Waals surface area (Å²) in [5, 5.41) is 19.2. The minimum absolute atomic E-state index is 0.200. The van der Waals surface area contributed by atoms with E-state index in [2.05, 4.69) is 33.0 Å². The van der Waals surface area contributed by atoms with Crippen molar-refractivity contribution < 1.29 is 14.7 Å². The van der Waals surface area contributed by atoms with E-state index in [1.165, 1.54) is 103 Å². The second kappa shape index (κ2) is 21.8. The zero-order valence-corrected chi connectivity index (χ0v) is 20.9. The van der Waals surface area contributed by atoms with E-state index in [-0.39, 0.29) is 13.2 Å². The quantitative estimate of drug-likeness (QED) is 0.105. The van der Waals surface area contributed by atoms with Crippen molar-refractivity contribution in [1.82, 2.24) is 0 Å². The van der Waals surface area contributed by atoms with Gasteiger partial charge in [0.1, 0.15) is 13.1 Å². The number of hydrogen-bond acceptors (Lipinski definition) is 2. The van der Waals surface area contributed by atoms with Gasteiger partial charge in [0.2, 0.25) is 0 Å². The van der Waals surface area contributed by atoms with Gasteiger partial charge in [0.15, 0.2) is 0 Å². The molecule has 1 atom stereocenters. The smallest absolute Gasteiger partial charge is 0.102 e. The average Bonchev–Trinajstić information content (AvgIpc) is 2.73. The number of hydrogen-bond donors (Lipinski definition) is 2. The van der Waals surface area contributed by atoms with Gasteiger partial charge in [-0.2, -0.15) is 0 Å². The van der Waals surface area contributed by atoms with Gasteiger partial charge in [-0.25, -0.2) is 0 Å². The highest BCUT2D eigenvalue weighted by Crippen LogP contribution is 2.22. The Bertz CT molecular complexity index is 364. The first-order chi connectivity index (χ1) is 14.6. The van der Waals surface area contributed by atoms with E-state index in [9.17, 15) is 10.2 Å². The van der Waals surface area contributed by atoms with Crippen LogP contribution in [0.25, 0.3) is 0 Å². The highest BCUT2D eigenvalue weighted by Gasteiger charge is 2.30. The van der Waals surface area contributed by atoms with Gasteiger partial charge in [-0.3, -0.25) is 0 Å². The van der Waals surface area contributed by atoms with Crippen molar-refractivity contribution in [2.24, 2.45) is 0 Å². The molecule has 0 aliphatic heterocycles. The Kier molecular flexibility index (Phi) is 21.6. The van der Waals surface area contributed by atoms with Crippen LogP contribution in [0.2, 0.25) is 0 Å². The Balaban J connectivity index is 4.36. The third-order valence-corrected chi connectivity index (χ3v) is 6.79. The standard InChI is InChI=1S/C27H56NO2/c1-4-6-8-10-12-14-16-18-20-22-27(28(3,23-25-29)24-26-30)21-19-17-15-13-11-9-7-5-2/h18,20,27,29-30H,4-17,19,21-26H2,1-3H3/q+1/b20-18-. The largest absolute Gasteiger partial charge is 0.391 e. The fraction of sp³-hybridized carbons (Fsp3) is 0.926. The molecular weight excluding hydrogens is 370 g/mol. The van der Waals surface area contributed by atoms with Crippen molar-refractivity contribution in [3.63, 3.8) is 0 Å². The topological polar surface area (TPSA) is 40.5 Å². The molecule has 0 saturated heterocycles. The van der Waals surface area contributed by atoms with Gasteiger partial charge in [0.25, 0.3) is 0 Å². The lowest BCUT2D eigenvalue weighted by Crippen LogP contribution is -2.55. The predicted molar refractivity (Wildman–Crippen MR) is 133 cm³/mol. The van der Waals surface area contributed by atoms with Crippen molar-refractivity contribution in [1.29, 1.82) is 0 Å². The SMILES string of the molecule is CCCCCCCC/C=C\CC(CCCCCCCCCC)[N+](C)(CCO)CCO. The first-order valence-corrected chi connectivity index (χ1v) is 13.4. The van der Waals surface area contributed by atoms with E-state index < -0.39 is 0 Å². The molecule has 0 saturated carbocycles. The summed E-state index contributed by atoms with van der Waals surface area (Å²) in [6.07, 6.45) is 27.2. The molecule has 3 nitrogen and oxygen atoms in total. The number of unbranched alkanes of at least 4 members (excludes halogenated alkanes) is 13. The highest BCUT2D eigenvalue weighted by atomic mass is 16.3. The molecule has 0 spiro atoms. The van der Waals surface area contributed by atoms with E-state index in [1.54, 1.807) is 0 Å². The Morgan fingerprint density at radius 3 is 1.60 bits per heavy atom. The van der Waals surface area contributed by atoms with Crippen LogP contribution in [0, 0.1) is 0 Å². The maximum Gasteiger partial charge on any atom is 0.102 e. The molecular formula is C27H56NO2+. The van der Waals surface area contributed by atoms with Crippen LogP contribution in [0.15, 0.2) is 12.2 Å². The lowest BCUT2D eigenvalue weighted by atomic mass is 9.99. The van der Waals surface area contributed by atoms with Gasteiger partial charge in [0, 0.05) is 6.42 Å². The van der Waals surface area contributed by atoms with E-state index in [0.29, 0.717) is 6.04 Å². The van der Waals surface area contributed by atoms with Crippen molar-refractivity contribution in [2.75, 3.05) is 33.4 Å². The molecule has 0 heterocycles. The normalized spacial score (nSPS) is 13.4. The van der Waals surface area contributed by atoms with E-state index in [1.807, 2.05) is 0 Å². The molecule has 3 heteroatoms. The molecule has 0 aromatic heterocycles. The van der Waals surface area contributed by atoms with Crippen LogP contribution in [0.4, 0.5) is 0 Å². The molecule has 0 rings (SSSR count). The average molecular weight is 427 g/mol. The molecule has 180 valence electrons. The van der Waals surface area contributed by atoms with Crippen molar-refractivity contribution in [3.05, 3.63) is 12.2 Å². The van der Waals surface area contributed by atoms with E-state index in [0.717, 1.165) is 24.0 Å². The Hall–Kier alpha value is -0.380. The van der Waals surface area contributed by atoms with Gasteiger partial charge in [-0.1, -0.05) is 103 Å². The molecule has 0 bridgehead atoms. The van der Waals surface area contributed by atoms with Crippen LogP contribution in [-0.4, -0.2) is 54.1 Å². The van der Waals surface area contributed by atoms with Crippen molar-refractivity contribution in [3.8, 4) is 0 Å². The maximum absolute atomic E-state index is 9.60. The Morgan fingerprint density at radius 1 is 0.633 bits per heavy atom. The number of quaternary nitrogens is 1. The number of nitrogens with zero attached hydrogens (tertiary/aromatic N) is 1. The fourth-order valence-corrected chi connectivity index (χ4v) is 4.55. The Labute approximate surface area is 189 Å². The lowest BCUT2D eigenvalue weighted by Gasteiger charge is -2.41. The first kappa shape index (κ1) is 29.6. The molecule has 0 radical (unpaired) electrons. The first-order valence-electron chi connectivity index (χ1n) is 13.4. The number of allylic oxidation sites excluding steroid dienone is 1. The molecule has 0 aliphatic rings. The lowest BCUT2D eigenvalue weighted by molar-refractivity contribution is -0.934. The summed E-state index contributed by atoms with van der Waals surface area (Å²) in [5.74, 6) is 0. The second-order valence-electron chi connectivity index (χ2n) is 9.55. The zero-order chi connectivity index (χ0) is 22.3. The van der Waals surface area contributed by atoms with E-state index >= 15 is 0 Å². The summed E-state index contributed by atoms with van der Waals surface area (Å²) in [4.78, 5) is 0. The number of rotatable bonds is 23. The van der Waals surface area contributed by atoms with Crippen LogP contribution in [-0.2, 0) is 0 Å². The van der Waals surface area contributed by atoms with Crippen LogP contribution >= 0.6 is 0 Å². The maximum atomic E-state index is 9.60. The van der Waals surface area contributed by atoms with Crippen LogP contribution in [0.1, 0.15) is 123 Å². The summed E-state index contributed by atoms with van der Waals surface area (Å²) in [6, 6.07) is 0.505. The summed E-state index contributed by atoms with van der Waals surface area (Å²) in [7, 11) is 2.23. The monoisotopic (exact) mass is 426 g/mol. The molecule has 0 aliphatic carbocycles. The summed E-state index contributed by atoms with van der Waals surface area (Å²) < 4.78 is 0.796. The van der Waals surface area contributed by atoms with Gasteiger partial charge >= 0.3 is 0 Å². The third-order valence-electron chi connectivity index (χ3n) is 6.79. The molecule has 2 N–H and O–H groups in total. The summed E-state index contributed by atoms with van der Waals surface area (Å²) in [6.45, 7) is 6.43. The minimum atomic E-state index is 0.200. The number of aliphatic hydroxyl groups is 2. The van der Waals surface area contributed by atoms with Gasteiger partial charge < -0.3 is 14.7 Å². The molecule has 0 fully saturated rings. The zero-order valence-electron chi connectivity index (χ0n) is 20.9. The summed E-state index contributed by atoms with van der Waals surface area (Å²) in [5.41, 5.74) is 0. The second-order valence-corrected chi connectivity index (χ2v) is 9.55. The molecule has 0 amide bonds. The van der Waals surface area contributed by atoms with Crippen molar-refractivity contribution in [2.45, 2.75) is 129 Å². The summed E-state index contributed by atoms with van der Waals surface area (Å²) >= 11 is 0. The van der Waals surface area contributed by atoms with E-state index in [4.69, 9.17) is 0 Å². The molecule has 0 aromatic rings. The van der Waals surface area contributed by atoms with Gasteiger partial charge in [0.05, 0.1) is 26.3 Å². The minimum Gasteiger partial charge on any atom is -0.391 e. The Morgan fingerprint density at radius 2 is 1.10 bits per heavy atom. The molecule has 30 heavy (non-hydrogen) atoms. The van der Waals surface area contributed by atoms with Crippen LogP contribution < -0.4 is 0 Å². The molecule has 0 aromatic carbocycles. The van der Waals surface area contributed by atoms with Gasteiger partial charge in [-0.05, 0) is 25.7 Å². The third kappa shape index (κ3) is 16.3. The molecule has 1 unspecified atom stereocenters. The van der Waals surface area contributed by atoms with Crippen LogP contribution in [0.3, 0.4) is 0 Å². The van der Waals surface area contributed by atoms with Crippen molar-refractivity contribution >= 4 is 0 Å². The fourth-order valence-electron chi connectivity index (χ4n) is 4.55. The highest BCUT2D eigenvalue weighted by molar-refractivity contribution is 4.85. The van der Waals surface area contributed by atoms with Gasteiger partial charge in [-0.15, -0.1) is 0 Å². The number of likely N-dealkylation sites (N-methyl/N-ethyl adjacent to an activating group) is 1. The predicted octanol–water partition coefficient (Wildman–Crippen LogP) is 7.01. The van der Waals surface area contributed by atoms with Crippen LogP contribution in [0.5, 0.6) is 0 Å². The number of aliphatic hydroxyl groups excluding tert-OH is 2.